The van der Waals surface area contributed by atoms with E-state index in [1.807, 2.05) is 48.5 Å². The van der Waals surface area contributed by atoms with Crippen molar-refractivity contribution in [2.45, 2.75) is 57.5 Å². The van der Waals surface area contributed by atoms with E-state index in [-0.39, 0.29) is 12.3 Å². The fourth-order valence-electron chi connectivity index (χ4n) is 3.30. The molecule has 0 unspecified atom stereocenters. The van der Waals surface area contributed by atoms with Crippen LogP contribution in [0.25, 0.3) is 0 Å². The van der Waals surface area contributed by atoms with Gasteiger partial charge in [-0.1, -0.05) is 55.3 Å². The second-order valence-corrected chi connectivity index (χ2v) is 7.66. The van der Waals surface area contributed by atoms with Crippen LogP contribution in [0.1, 0.15) is 49.7 Å². The quantitative estimate of drug-likeness (QED) is 0.174. The van der Waals surface area contributed by atoms with Crippen molar-refractivity contribution in [3.8, 4) is 0 Å². The van der Waals surface area contributed by atoms with Crippen molar-refractivity contribution in [1.29, 1.82) is 0 Å². The summed E-state index contributed by atoms with van der Waals surface area (Å²) >= 11 is 0. The van der Waals surface area contributed by atoms with E-state index in [2.05, 4.69) is 10.6 Å². The van der Waals surface area contributed by atoms with Gasteiger partial charge in [-0.25, -0.2) is 5.48 Å². The number of hydrogen-bond acceptors (Lipinski definition) is 5. The maximum Gasteiger partial charge on any atom is 0.321 e. The molecule has 32 heavy (non-hydrogen) atoms. The minimum atomic E-state index is -0.907. The highest BCUT2D eigenvalue weighted by molar-refractivity contribution is 5.90. The Balaban J connectivity index is 1.75. The van der Waals surface area contributed by atoms with E-state index in [4.69, 9.17) is 5.21 Å². The van der Waals surface area contributed by atoms with E-state index >= 15 is 0 Å². The summed E-state index contributed by atoms with van der Waals surface area (Å²) in [7, 11) is 0. The van der Waals surface area contributed by atoms with Crippen LogP contribution in [0, 0.1) is 0 Å². The first-order valence-electron chi connectivity index (χ1n) is 10.8. The number of carbonyl (C=O) groups excluding carboxylic acids is 2. The molecule has 0 aliphatic rings. The molecule has 2 aromatic rings. The van der Waals surface area contributed by atoms with Gasteiger partial charge in [-0.3, -0.25) is 19.6 Å². The van der Waals surface area contributed by atoms with Crippen molar-refractivity contribution >= 4 is 23.5 Å². The van der Waals surface area contributed by atoms with Crippen molar-refractivity contribution < 1.29 is 24.7 Å². The Kier molecular flexibility index (Phi) is 10.9. The molecule has 0 aromatic heterocycles. The van der Waals surface area contributed by atoms with Crippen LogP contribution >= 0.6 is 0 Å². The van der Waals surface area contributed by atoms with E-state index in [1.54, 1.807) is 11.5 Å². The maximum atomic E-state index is 12.2. The predicted molar refractivity (Wildman–Crippen MR) is 121 cm³/mol. The fraction of sp³-hybridized carbons (Fsp3) is 0.375. The number of carboxylic acids is 1. The normalized spacial score (nSPS) is 11.5. The SMILES string of the molecule is O=C(CCCCCCC(=O)Nc1cccc(CN[C@@H](Cc2ccccc2)C(=O)O)c1)NO. The first-order chi connectivity index (χ1) is 15.5. The molecule has 0 aliphatic carbocycles. The molecule has 2 amide bonds. The fourth-order valence-corrected chi connectivity index (χ4v) is 3.30. The molecular weight excluding hydrogens is 410 g/mol. The Hall–Kier alpha value is -3.23. The third-order valence-corrected chi connectivity index (χ3v) is 5.03. The van der Waals surface area contributed by atoms with Crippen molar-refractivity contribution in [3.05, 3.63) is 65.7 Å². The van der Waals surface area contributed by atoms with Crippen molar-refractivity contribution in [1.82, 2.24) is 10.8 Å². The van der Waals surface area contributed by atoms with Gasteiger partial charge in [-0.2, -0.15) is 0 Å². The third-order valence-electron chi connectivity index (χ3n) is 5.03. The molecule has 8 heteroatoms. The van der Waals surface area contributed by atoms with Crippen LogP contribution in [0.4, 0.5) is 5.69 Å². The summed E-state index contributed by atoms with van der Waals surface area (Å²) in [4.78, 5) is 34.7. The molecule has 0 spiro atoms. The van der Waals surface area contributed by atoms with Gasteiger partial charge in [0.05, 0.1) is 0 Å². The number of anilines is 1. The van der Waals surface area contributed by atoms with Crippen molar-refractivity contribution in [2.24, 2.45) is 0 Å². The molecule has 8 nitrogen and oxygen atoms in total. The number of hydroxylamine groups is 1. The summed E-state index contributed by atoms with van der Waals surface area (Å²) in [6.07, 6.45) is 4.07. The van der Waals surface area contributed by atoms with E-state index in [0.717, 1.165) is 24.0 Å². The van der Waals surface area contributed by atoms with Gasteiger partial charge in [-0.15, -0.1) is 0 Å². The average molecular weight is 442 g/mol. The van der Waals surface area contributed by atoms with Gasteiger partial charge in [0, 0.05) is 25.1 Å². The Morgan fingerprint density at radius 2 is 1.47 bits per heavy atom. The summed E-state index contributed by atoms with van der Waals surface area (Å²) in [5, 5.41) is 23.9. The smallest absolute Gasteiger partial charge is 0.321 e. The van der Waals surface area contributed by atoms with Crippen LogP contribution in [-0.4, -0.2) is 34.1 Å². The number of carboxylic acid groups (broad SMARTS) is 1. The van der Waals surface area contributed by atoms with Crippen LogP contribution in [0.15, 0.2) is 54.6 Å². The molecule has 0 aliphatic heterocycles. The Labute approximate surface area is 188 Å². The van der Waals surface area contributed by atoms with Gasteiger partial charge in [0.2, 0.25) is 11.8 Å². The van der Waals surface area contributed by atoms with Gasteiger partial charge in [0.15, 0.2) is 0 Å². The molecule has 0 bridgehead atoms. The van der Waals surface area contributed by atoms with Crippen molar-refractivity contribution in [2.75, 3.05) is 5.32 Å². The summed E-state index contributed by atoms with van der Waals surface area (Å²) in [6, 6.07) is 16.1. The molecular formula is C24H31N3O5. The zero-order valence-electron chi connectivity index (χ0n) is 18.0. The summed E-state index contributed by atoms with van der Waals surface area (Å²) in [6.45, 7) is 0.370. The molecule has 1 atom stereocenters. The highest BCUT2D eigenvalue weighted by atomic mass is 16.5. The van der Waals surface area contributed by atoms with E-state index in [1.165, 1.54) is 0 Å². The summed E-state index contributed by atoms with van der Waals surface area (Å²) in [5.74, 6) is -1.39. The lowest BCUT2D eigenvalue weighted by atomic mass is 10.1. The van der Waals surface area contributed by atoms with Gasteiger partial charge < -0.3 is 15.7 Å². The maximum absolute atomic E-state index is 12.2. The molecule has 5 N–H and O–H groups in total. The Morgan fingerprint density at radius 3 is 2.12 bits per heavy atom. The largest absolute Gasteiger partial charge is 0.480 e. The van der Waals surface area contributed by atoms with Crippen LogP contribution in [0.5, 0.6) is 0 Å². The van der Waals surface area contributed by atoms with Gasteiger partial charge in [0.1, 0.15) is 6.04 Å². The third kappa shape index (κ3) is 9.72. The Bertz CT molecular complexity index is 873. The second-order valence-electron chi connectivity index (χ2n) is 7.66. The second kappa shape index (κ2) is 14.0. The van der Waals surface area contributed by atoms with Gasteiger partial charge >= 0.3 is 5.97 Å². The van der Waals surface area contributed by atoms with Crippen LogP contribution < -0.4 is 16.1 Å². The van der Waals surface area contributed by atoms with E-state index < -0.39 is 17.9 Å². The van der Waals surface area contributed by atoms with Crippen LogP contribution in [0.3, 0.4) is 0 Å². The lowest BCUT2D eigenvalue weighted by Gasteiger charge is -2.15. The number of benzene rings is 2. The molecule has 0 saturated carbocycles. The average Bonchev–Trinajstić information content (AvgIpc) is 2.79. The summed E-state index contributed by atoms with van der Waals surface area (Å²) < 4.78 is 0. The minimum absolute atomic E-state index is 0.0873. The van der Waals surface area contributed by atoms with E-state index in [9.17, 15) is 19.5 Å². The standard InChI is InChI=1S/C24H31N3O5/c28-22(13-6-1-2-7-14-23(29)27-32)26-20-12-8-11-19(15-20)17-25-21(24(30)31)16-18-9-4-3-5-10-18/h3-5,8-12,15,21,25,32H,1-2,6-7,13-14,16-17H2,(H,26,28)(H,27,29)(H,30,31)/t21-/m0/s1. The van der Waals surface area contributed by atoms with Gasteiger partial charge in [-0.05, 0) is 42.5 Å². The highest BCUT2D eigenvalue weighted by Gasteiger charge is 2.17. The lowest BCUT2D eigenvalue weighted by Crippen LogP contribution is -2.38. The molecule has 0 heterocycles. The topological polar surface area (TPSA) is 128 Å². The number of nitrogens with one attached hydrogen (secondary N) is 3. The first-order valence-corrected chi connectivity index (χ1v) is 10.8. The number of carbonyl (C=O) groups is 3. The lowest BCUT2D eigenvalue weighted by molar-refractivity contribution is -0.139. The van der Waals surface area contributed by atoms with E-state index in [0.29, 0.717) is 37.9 Å². The van der Waals surface area contributed by atoms with Crippen LogP contribution in [0.2, 0.25) is 0 Å². The monoisotopic (exact) mass is 441 g/mol. The number of aliphatic carboxylic acids is 1. The first kappa shape index (κ1) is 25.0. The minimum Gasteiger partial charge on any atom is -0.480 e. The number of amides is 2. The molecule has 172 valence electrons. The highest BCUT2D eigenvalue weighted by Crippen LogP contribution is 2.13. The number of rotatable bonds is 14. The number of hydrogen-bond donors (Lipinski definition) is 5. The molecule has 2 aromatic carbocycles. The zero-order chi connectivity index (χ0) is 23.2. The molecule has 0 saturated heterocycles. The van der Waals surface area contributed by atoms with Gasteiger partial charge in [0.25, 0.3) is 0 Å². The molecule has 2 rings (SSSR count). The van der Waals surface area contributed by atoms with Crippen LogP contribution in [-0.2, 0) is 27.3 Å². The molecule has 0 fully saturated rings. The molecule has 0 radical (unpaired) electrons. The van der Waals surface area contributed by atoms with Crippen molar-refractivity contribution in [3.63, 3.8) is 0 Å². The summed E-state index contributed by atoms with van der Waals surface area (Å²) in [5.41, 5.74) is 4.10. The Morgan fingerprint density at radius 1 is 0.812 bits per heavy atom. The predicted octanol–water partition coefficient (Wildman–Crippen LogP) is 3.26. The zero-order valence-corrected chi connectivity index (χ0v) is 18.0. The number of unbranched alkanes of at least 4 members (excludes halogenated alkanes) is 3.